The van der Waals surface area contributed by atoms with Gasteiger partial charge >= 0.3 is 6.03 Å². The molecule has 0 unspecified atom stereocenters. The SMILES string of the molecule is CC(C)(C)NC(=O)c1cccc(NC(N)=O)c1. The van der Waals surface area contributed by atoms with E-state index in [1.54, 1.807) is 24.3 Å². The van der Waals surface area contributed by atoms with Crippen molar-refractivity contribution in [1.82, 2.24) is 5.32 Å². The Balaban J connectivity index is 2.84. The van der Waals surface area contributed by atoms with Crippen LogP contribution in [0, 0.1) is 0 Å². The maximum atomic E-state index is 11.8. The molecule has 5 nitrogen and oxygen atoms in total. The van der Waals surface area contributed by atoms with Gasteiger partial charge in [-0.2, -0.15) is 0 Å². The van der Waals surface area contributed by atoms with Gasteiger partial charge in [0.15, 0.2) is 0 Å². The maximum absolute atomic E-state index is 11.8. The third kappa shape index (κ3) is 4.55. The van der Waals surface area contributed by atoms with Gasteiger partial charge in [-0.05, 0) is 39.0 Å². The monoisotopic (exact) mass is 235 g/mol. The Morgan fingerprint density at radius 1 is 1.24 bits per heavy atom. The second-order valence-electron chi connectivity index (χ2n) is 4.77. The minimum Gasteiger partial charge on any atom is -0.351 e. The molecule has 0 aliphatic carbocycles. The number of rotatable bonds is 2. The first-order chi connectivity index (χ1) is 7.78. The highest BCUT2D eigenvalue weighted by Crippen LogP contribution is 2.11. The number of hydrogen-bond donors (Lipinski definition) is 3. The highest BCUT2D eigenvalue weighted by molar-refractivity contribution is 5.96. The minimum absolute atomic E-state index is 0.189. The van der Waals surface area contributed by atoms with E-state index in [-0.39, 0.29) is 11.4 Å². The Labute approximate surface area is 100 Å². The van der Waals surface area contributed by atoms with E-state index in [4.69, 9.17) is 5.73 Å². The van der Waals surface area contributed by atoms with Crippen molar-refractivity contribution >= 4 is 17.6 Å². The van der Waals surface area contributed by atoms with Crippen molar-refractivity contribution in [2.75, 3.05) is 5.32 Å². The van der Waals surface area contributed by atoms with E-state index >= 15 is 0 Å². The van der Waals surface area contributed by atoms with Crippen LogP contribution in [0.2, 0.25) is 0 Å². The van der Waals surface area contributed by atoms with Crippen LogP contribution in [0.1, 0.15) is 31.1 Å². The normalized spacial score (nSPS) is 10.8. The molecule has 0 heterocycles. The molecule has 0 spiro atoms. The molecule has 0 saturated heterocycles. The zero-order valence-corrected chi connectivity index (χ0v) is 10.2. The van der Waals surface area contributed by atoms with E-state index in [9.17, 15) is 9.59 Å². The number of amides is 3. The third-order valence-corrected chi connectivity index (χ3v) is 1.88. The van der Waals surface area contributed by atoms with Gasteiger partial charge in [0.25, 0.3) is 5.91 Å². The van der Waals surface area contributed by atoms with Crippen LogP contribution in [-0.2, 0) is 0 Å². The summed E-state index contributed by atoms with van der Waals surface area (Å²) >= 11 is 0. The van der Waals surface area contributed by atoms with Crippen LogP contribution in [0.25, 0.3) is 0 Å². The first-order valence-electron chi connectivity index (χ1n) is 5.27. The third-order valence-electron chi connectivity index (χ3n) is 1.88. The molecule has 1 rings (SSSR count). The Hall–Kier alpha value is -2.04. The summed E-state index contributed by atoms with van der Waals surface area (Å²) in [7, 11) is 0. The molecule has 0 bridgehead atoms. The van der Waals surface area contributed by atoms with E-state index < -0.39 is 6.03 Å². The average molecular weight is 235 g/mol. The topological polar surface area (TPSA) is 84.2 Å². The molecule has 0 aromatic heterocycles. The number of nitrogens with one attached hydrogen (secondary N) is 2. The van der Waals surface area contributed by atoms with Crippen LogP contribution < -0.4 is 16.4 Å². The van der Waals surface area contributed by atoms with Crippen molar-refractivity contribution in [3.63, 3.8) is 0 Å². The molecule has 0 atom stereocenters. The van der Waals surface area contributed by atoms with Gasteiger partial charge in [0.2, 0.25) is 0 Å². The zero-order chi connectivity index (χ0) is 13.1. The van der Waals surface area contributed by atoms with Crippen molar-refractivity contribution in [3.8, 4) is 0 Å². The molecule has 5 heteroatoms. The van der Waals surface area contributed by atoms with Crippen LogP contribution in [-0.4, -0.2) is 17.5 Å². The first kappa shape index (κ1) is 13.0. The molecular weight excluding hydrogens is 218 g/mol. The molecule has 3 amide bonds. The smallest absolute Gasteiger partial charge is 0.316 e. The van der Waals surface area contributed by atoms with E-state index in [0.717, 1.165) is 0 Å². The Bertz CT molecular complexity index is 436. The predicted octanol–water partition coefficient (Wildman–Crippen LogP) is 1.71. The fraction of sp³-hybridized carbons (Fsp3) is 0.333. The van der Waals surface area contributed by atoms with Crippen LogP contribution in [0.3, 0.4) is 0 Å². The highest BCUT2D eigenvalue weighted by Gasteiger charge is 2.15. The standard InChI is InChI=1S/C12H17N3O2/c1-12(2,3)15-10(16)8-5-4-6-9(7-8)14-11(13)17/h4-7H,1-3H3,(H,15,16)(H3,13,14,17). The highest BCUT2D eigenvalue weighted by atomic mass is 16.2. The number of urea groups is 1. The maximum Gasteiger partial charge on any atom is 0.316 e. The van der Waals surface area contributed by atoms with Gasteiger partial charge in [-0.1, -0.05) is 6.07 Å². The second kappa shape index (κ2) is 4.86. The van der Waals surface area contributed by atoms with Crippen LogP contribution in [0.15, 0.2) is 24.3 Å². The molecule has 0 fully saturated rings. The Morgan fingerprint density at radius 3 is 2.41 bits per heavy atom. The predicted molar refractivity (Wildman–Crippen MR) is 66.9 cm³/mol. The lowest BCUT2D eigenvalue weighted by Crippen LogP contribution is -2.40. The van der Waals surface area contributed by atoms with Crippen LogP contribution in [0.5, 0.6) is 0 Å². The number of primary amides is 1. The molecule has 92 valence electrons. The zero-order valence-electron chi connectivity index (χ0n) is 10.2. The fourth-order valence-corrected chi connectivity index (χ4v) is 1.29. The largest absolute Gasteiger partial charge is 0.351 e. The van der Waals surface area contributed by atoms with Crippen molar-refractivity contribution in [1.29, 1.82) is 0 Å². The van der Waals surface area contributed by atoms with Crippen molar-refractivity contribution in [2.24, 2.45) is 5.73 Å². The molecule has 17 heavy (non-hydrogen) atoms. The summed E-state index contributed by atoms with van der Waals surface area (Å²) in [5, 5.41) is 5.25. The van der Waals surface area contributed by atoms with Gasteiger partial charge in [0.1, 0.15) is 0 Å². The lowest BCUT2D eigenvalue weighted by atomic mass is 10.1. The summed E-state index contributed by atoms with van der Waals surface area (Å²) < 4.78 is 0. The summed E-state index contributed by atoms with van der Waals surface area (Å²) in [5.41, 5.74) is 5.68. The molecule has 0 radical (unpaired) electrons. The molecule has 0 saturated carbocycles. The number of benzene rings is 1. The van der Waals surface area contributed by atoms with Crippen molar-refractivity contribution < 1.29 is 9.59 Å². The van der Waals surface area contributed by atoms with Crippen LogP contribution in [0.4, 0.5) is 10.5 Å². The quantitative estimate of drug-likeness (QED) is 0.729. The molecule has 1 aromatic carbocycles. The molecular formula is C12H17N3O2. The number of nitrogens with two attached hydrogens (primary N) is 1. The number of hydrogen-bond acceptors (Lipinski definition) is 2. The van der Waals surface area contributed by atoms with Gasteiger partial charge in [0, 0.05) is 16.8 Å². The summed E-state index contributed by atoms with van der Waals surface area (Å²) in [6, 6.07) is 5.94. The molecule has 1 aromatic rings. The van der Waals surface area contributed by atoms with Gasteiger partial charge in [0.05, 0.1) is 0 Å². The first-order valence-corrected chi connectivity index (χ1v) is 5.27. The van der Waals surface area contributed by atoms with Crippen molar-refractivity contribution in [2.45, 2.75) is 26.3 Å². The van der Waals surface area contributed by atoms with E-state index in [2.05, 4.69) is 10.6 Å². The summed E-state index contributed by atoms with van der Waals surface area (Å²) in [6.45, 7) is 5.70. The summed E-state index contributed by atoms with van der Waals surface area (Å²) in [6.07, 6.45) is 0. The lowest BCUT2D eigenvalue weighted by molar-refractivity contribution is 0.0919. The average Bonchev–Trinajstić information content (AvgIpc) is 2.14. The van der Waals surface area contributed by atoms with Gasteiger partial charge in [-0.3, -0.25) is 4.79 Å². The number of anilines is 1. The molecule has 4 N–H and O–H groups in total. The fourth-order valence-electron chi connectivity index (χ4n) is 1.29. The van der Waals surface area contributed by atoms with Gasteiger partial charge in [-0.25, -0.2) is 4.79 Å². The molecule has 0 aliphatic rings. The Morgan fingerprint density at radius 2 is 1.88 bits per heavy atom. The van der Waals surface area contributed by atoms with Gasteiger partial charge < -0.3 is 16.4 Å². The van der Waals surface area contributed by atoms with E-state index in [1.165, 1.54) is 0 Å². The molecule has 0 aliphatic heterocycles. The summed E-state index contributed by atoms with van der Waals surface area (Å²) in [4.78, 5) is 22.5. The number of carbonyl (C=O) groups is 2. The number of carbonyl (C=O) groups excluding carboxylic acids is 2. The van der Waals surface area contributed by atoms with Gasteiger partial charge in [-0.15, -0.1) is 0 Å². The van der Waals surface area contributed by atoms with E-state index in [1.807, 2.05) is 20.8 Å². The minimum atomic E-state index is -0.654. The second-order valence-corrected chi connectivity index (χ2v) is 4.77. The van der Waals surface area contributed by atoms with Crippen molar-refractivity contribution in [3.05, 3.63) is 29.8 Å². The van der Waals surface area contributed by atoms with E-state index in [0.29, 0.717) is 11.3 Å². The lowest BCUT2D eigenvalue weighted by Gasteiger charge is -2.20. The summed E-state index contributed by atoms with van der Waals surface area (Å²) in [5.74, 6) is -0.189. The Kier molecular flexibility index (Phi) is 3.73. The van der Waals surface area contributed by atoms with Crippen LogP contribution >= 0.6 is 0 Å².